The summed E-state index contributed by atoms with van der Waals surface area (Å²) in [6.45, 7) is 0. The number of nitro benzene ring substituents is 1. The Morgan fingerprint density at radius 1 is 1.29 bits per heavy atom. The molecular formula is C7H5N3O4. The highest BCUT2D eigenvalue weighted by molar-refractivity contribution is 5.80. The average molecular weight is 195 g/mol. The number of aromatic hydroxyl groups is 1. The molecular weight excluding hydrogens is 190 g/mol. The van der Waals surface area contributed by atoms with Gasteiger partial charge in [0, 0.05) is 12.1 Å². The van der Waals surface area contributed by atoms with Crippen molar-refractivity contribution >= 4 is 16.7 Å². The first-order valence-corrected chi connectivity index (χ1v) is 3.67. The molecule has 0 fully saturated rings. The van der Waals surface area contributed by atoms with Crippen molar-refractivity contribution in [1.29, 1.82) is 0 Å². The van der Waals surface area contributed by atoms with E-state index >= 15 is 0 Å². The van der Waals surface area contributed by atoms with E-state index in [1.807, 2.05) is 0 Å². The van der Waals surface area contributed by atoms with Crippen molar-refractivity contribution in [1.82, 2.24) is 9.97 Å². The lowest BCUT2D eigenvalue weighted by Gasteiger charge is -1.94. The van der Waals surface area contributed by atoms with Gasteiger partial charge in [-0.05, 0) is 0 Å². The van der Waals surface area contributed by atoms with E-state index < -0.39 is 22.0 Å². The van der Waals surface area contributed by atoms with Gasteiger partial charge in [-0.2, -0.15) is 0 Å². The number of nitrogens with zero attached hydrogens (tertiary/aromatic N) is 1. The Kier molecular flexibility index (Phi) is 1.53. The largest absolute Gasteiger partial charge is 0.502 e. The van der Waals surface area contributed by atoms with Crippen LogP contribution >= 0.6 is 0 Å². The number of aromatic amines is 2. The van der Waals surface area contributed by atoms with Crippen molar-refractivity contribution < 1.29 is 10.0 Å². The third-order valence-electron chi connectivity index (χ3n) is 1.81. The summed E-state index contributed by atoms with van der Waals surface area (Å²) < 4.78 is 0. The fourth-order valence-corrected chi connectivity index (χ4v) is 1.21. The van der Waals surface area contributed by atoms with E-state index in [-0.39, 0.29) is 0 Å². The molecule has 0 aliphatic rings. The van der Waals surface area contributed by atoms with Crippen molar-refractivity contribution in [3.05, 3.63) is 32.7 Å². The van der Waals surface area contributed by atoms with Gasteiger partial charge in [-0.15, -0.1) is 0 Å². The molecule has 0 spiro atoms. The van der Waals surface area contributed by atoms with Crippen LogP contribution in [0.3, 0.4) is 0 Å². The normalized spacial score (nSPS) is 10.6. The van der Waals surface area contributed by atoms with Crippen molar-refractivity contribution in [2.75, 3.05) is 0 Å². The van der Waals surface area contributed by atoms with Crippen molar-refractivity contribution in [3.8, 4) is 5.75 Å². The first-order chi connectivity index (χ1) is 6.58. The number of nitro groups is 1. The molecule has 1 aromatic carbocycles. The van der Waals surface area contributed by atoms with E-state index in [0.29, 0.717) is 11.0 Å². The second-order valence-corrected chi connectivity index (χ2v) is 2.72. The summed E-state index contributed by atoms with van der Waals surface area (Å²) in [7, 11) is 0. The average Bonchev–Trinajstić information content (AvgIpc) is 2.42. The molecule has 1 aromatic heterocycles. The maximum atomic E-state index is 10.8. The van der Waals surface area contributed by atoms with E-state index in [1.54, 1.807) is 0 Å². The summed E-state index contributed by atoms with van der Waals surface area (Å²) in [5, 5.41) is 19.6. The Labute approximate surface area is 76.2 Å². The number of phenols is 1. The van der Waals surface area contributed by atoms with Gasteiger partial charge in [0.15, 0.2) is 5.75 Å². The zero-order valence-electron chi connectivity index (χ0n) is 6.77. The van der Waals surface area contributed by atoms with Gasteiger partial charge in [-0.3, -0.25) is 10.1 Å². The Hall–Kier alpha value is -2.31. The van der Waals surface area contributed by atoms with Gasteiger partial charge in [0.1, 0.15) is 0 Å². The second kappa shape index (κ2) is 2.59. The maximum absolute atomic E-state index is 10.8. The number of phenolic OH excluding ortho intramolecular Hbond substituents is 1. The third-order valence-corrected chi connectivity index (χ3v) is 1.81. The molecule has 0 aliphatic carbocycles. The minimum atomic E-state index is -0.722. The number of aromatic nitrogens is 2. The van der Waals surface area contributed by atoms with Crippen LogP contribution < -0.4 is 5.69 Å². The van der Waals surface area contributed by atoms with E-state index in [9.17, 15) is 20.0 Å². The van der Waals surface area contributed by atoms with Crippen LogP contribution in [-0.4, -0.2) is 20.0 Å². The first-order valence-electron chi connectivity index (χ1n) is 3.67. The smallest absolute Gasteiger partial charge is 0.323 e. The Morgan fingerprint density at radius 2 is 1.86 bits per heavy atom. The maximum Gasteiger partial charge on any atom is 0.323 e. The number of hydrogen-bond acceptors (Lipinski definition) is 4. The molecule has 2 aromatic rings. The summed E-state index contributed by atoms with van der Waals surface area (Å²) in [5.41, 5.74) is -0.287. The summed E-state index contributed by atoms with van der Waals surface area (Å²) in [6.07, 6.45) is 0. The molecule has 0 saturated heterocycles. The zero-order valence-corrected chi connectivity index (χ0v) is 6.77. The van der Waals surface area contributed by atoms with Gasteiger partial charge in [0.05, 0.1) is 16.0 Å². The molecule has 0 saturated carbocycles. The molecule has 7 nitrogen and oxygen atoms in total. The molecule has 0 amide bonds. The van der Waals surface area contributed by atoms with Crippen molar-refractivity contribution in [2.24, 2.45) is 0 Å². The summed E-state index contributed by atoms with van der Waals surface area (Å²) >= 11 is 0. The van der Waals surface area contributed by atoms with Crippen molar-refractivity contribution in [3.63, 3.8) is 0 Å². The van der Waals surface area contributed by atoms with Crippen molar-refractivity contribution in [2.45, 2.75) is 0 Å². The molecule has 0 unspecified atom stereocenters. The second-order valence-electron chi connectivity index (χ2n) is 2.72. The van der Waals surface area contributed by atoms with E-state index in [4.69, 9.17) is 0 Å². The van der Waals surface area contributed by atoms with Crippen LogP contribution in [0.15, 0.2) is 16.9 Å². The van der Waals surface area contributed by atoms with E-state index in [1.165, 1.54) is 0 Å². The Balaban J connectivity index is 2.82. The first kappa shape index (κ1) is 8.30. The predicted octanol–water partition coefficient (Wildman–Crippen LogP) is 0.470. The van der Waals surface area contributed by atoms with Gasteiger partial charge in [0.2, 0.25) is 0 Å². The molecule has 1 heterocycles. The zero-order chi connectivity index (χ0) is 10.3. The number of rotatable bonds is 1. The van der Waals surface area contributed by atoms with Crippen LogP contribution in [0.5, 0.6) is 5.75 Å². The van der Waals surface area contributed by atoms with Gasteiger partial charge in [0.25, 0.3) is 0 Å². The summed E-state index contributed by atoms with van der Waals surface area (Å²) in [4.78, 5) is 25.2. The number of imidazole rings is 1. The van der Waals surface area contributed by atoms with Gasteiger partial charge in [-0.1, -0.05) is 0 Å². The van der Waals surface area contributed by atoms with Crippen LogP contribution in [0.4, 0.5) is 5.69 Å². The highest BCUT2D eigenvalue weighted by atomic mass is 16.6. The molecule has 3 N–H and O–H groups in total. The van der Waals surface area contributed by atoms with Crippen LogP contribution in [0.1, 0.15) is 0 Å². The highest BCUT2D eigenvalue weighted by Crippen LogP contribution is 2.28. The quantitative estimate of drug-likeness (QED) is 0.453. The minimum Gasteiger partial charge on any atom is -0.502 e. The van der Waals surface area contributed by atoms with Gasteiger partial charge >= 0.3 is 11.4 Å². The van der Waals surface area contributed by atoms with Crippen LogP contribution in [-0.2, 0) is 0 Å². The summed E-state index contributed by atoms with van der Waals surface area (Å²) in [5.74, 6) is -0.474. The Bertz CT molecular complexity index is 568. The molecule has 2 rings (SSSR count). The summed E-state index contributed by atoms with van der Waals surface area (Å²) in [6, 6.07) is 2.23. The molecule has 72 valence electrons. The molecule has 0 atom stereocenters. The fraction of sp³-hybridized carbons (Fsp3) is 0. The topological polar surface area (TPSA) is 112 Å². The van der Waals surface area contributed by atoms with Crippen LogP contribution in [0.25, 0.3) is 11.0 Å². The number of fused-ring (bicyclic) bond motifs is 1. The Morgan fingerprint density at radius 3 is 2.43 bits per heavy atom. The monoisotopic (exact) mass is 195 g/mol. The standard InChI is InChI=1S/C7H5N3O4/c11-6-2-4-3(8-7(12)9-4)1-5(6)10(13)14/h1-2,11H,(H2,8,9,12). The highest BCUT2D eigenvalue weighted by Gasteiger charge is 2.15. The molecule has 14 heavy (non-hydrogen) atoms. The lowest BCUT2D eigenvalue weighted by atomic mass is 10.2. The van der Waals surface area contributed by atoms with Gasteiger partial charge < -0.3 is 15.1 Å². The minimum absolute atomic E-state index is 0.291. The SMILES string of the molecule is O=c1[nH]c2cc(O)c([N+](=O)[O-])cc2[nH]1. The lowest BCUT2D eigenvalue weighted by molar-refractivity contribution is -0.385. The number of nitrogens with one attached hydrogen (secondary N) is 2. The van der Waals surface area contributed by atoms with Crippen LogP contribution in [0.2, 0.25) is 0 Å². The van der Waals surface area contributed by atoms with Crippen LogP contribution in [0, 0.1) is 10.1 Å². The predicted molar refractivity (Wildman–Crippen MR) is 47.2 cm³/mol. The molecule has 0 bridgehead atoms. The van der Waals surface area contributed by atoms with E-state index in [2.05, 4.69) is 9.97 Å². The lowest BCUT2D eigenvalue weighted by Crippen LogP contribution is -1.99. The fourth-order valence-electron chi connectivity index (χ4n) is 1.21. The number of hydrogen-bond donors (Lipinski definition) is 3. The van der Waals surface area contributed by atoms with E-state index in [0.717, 1.165) is 12.1 Å². The molecule has 0 radical (unpaired) electrons. The van der Waals surface area contributed by atoms with Gasteiger partial charge in [-0.25, -0.2) is 4.79 Å². The molecule has 0 aliphatic heterocycles. The number of H-pyrrole nitrogens is 2. The third kappa shape index (κ3) is 1.11. The molecule has 7 heteroatoms. The number of benzene rings is 1.